The summed E-state index contributed by atoms with van der Waals surface area (Å²) in [4.78, 5) is 14.4. The number of hydrogen-bond acceptors (Lipinski definition) is 3. The standard InChI is InChI=1S/C5H5BrN2OS/c1-3(9)8-5-7-2-4(6)10-5/h2H,1H3,(H,7,8,9). The van der Waals surface area contributed by atoms with Crippen molar-refractivity contribution in [2.75, 3.05) is 5.32 Å². The molecule has 0 aromatic carbocycles. The van der Waals surface area contributed by atoms with E-state index in [1.165, 1.54) is 18.3 Å². The van der Waals surface area contributed by atoms with Gasteiger partial charge in [0.05, 0.1) is 9.98 Å². The van der Waals surface area contributed by atoms with Gasteiger partial charge in [-0.25, -0.2) is 4.98 Å². The second kappa shape index (κ2) is 3.12. The molecular weight excluding hydrogens is 216 g/mol. The number of thiazole rings is 1. The number of halogens is 1. The second-order valence-electron chi connectivity index (χ2n) is 1.65. The minimum absolute atomic E-state index is 0.0955. The van der Waals surface area contributed by atoms with Gasteiger partial charge in [-0.3, -0.25) is 4.79 Å². The Bertz CT molecular complexity index is 248. The van der Waals surface area contributed by atoms with Crippen LogP contribution in [0.5, 0.6) is 0 Å². The maximum Gasteiger partial charge on any atom is 0.223 e. The number of amides is 1. The normalized spacial score (nSPS) is 9.40. The van der Waals surface area contributed by atoms with Crippen LogP contribution in [0.15, 0.2) is 9.98 Å². The highest BCUT2D eigenvalue weighted by Gasteiger charge is 1.98. The van der Waals surface area contributed by atoms with Gasteiger partial charge in [-0.15, -0.1) is 0 Å². The predicted molar refractivity (Wildman–Crippen MR) is 44.1 cm³/mol. The fourth-order valence-corrected chi connectivity index (χ4v) is 1.62. The second-order valence-corrected chi connectivity index (χ2v) is 4.06. The number of carbonyl (C=O) groups is 1. The molecule has 0 saturated heterocycles. The molecule has 1 aromatic heterocycles. The molecule has 0 aliphatic heterocycles. The van der Waals surface area contributed by atoms with Crippen LogP contribution in [-0.4, -0.2) is 10.9 Å². The average molecular weight is 221 g/mol. The Hall–Kier alpha value is -0.420. The first-order chi connectivity index (χ1) is 4.68. The van der Waals surface area contributed by atoms with Crippen LogP contribution in [0.1, 0.15) is 6.92 Å². The fourth-order valence-electron chi connectivity index (χ4n) is 0.463. The number of rotatable bonds is 1. The van der Waals surface area contributed by atoms with Crippen molar-refractivity contribution < 1.29 is 4.79 Å². The van der Waals surface area contributed by atoms with Crippen molar-refractivity contribution in [1.82, 2.24) is 4.98 Å². The van der Waals surface area contributed by atoms with Gasteiger partial charge in [0.25, 0.3) is 0 Å². The Balaban J connectivity index is 2.67. The summed E-state index contributed by atoms with van der Waals surface area (Å²) in [6, 6.07) is 0. The first kappa shape index (κ1) is 7.68. The van der Waals surface area contributed by atoms with E-state index in [2.05, 4.69) is 26.2 Å². The lowest BCUT2D eigenvalue weighted by Gasteiger charge is -1.91. The van der Waals surface area contributed by atoms with Crippen LogP contribution in [0.25, 0.3) is 0 Å². The van der Waals surface area contributed by atoms with Crippen LogP contribution >= 0.6 is 27.3 Å². The molecule has 0 unspecified atom stereocenters. The molecule has 0 saturated carbocycles. The van der Waals surface area contributed by atoms with Crippen molar-refractivity contribution in [2.45, 2.75) is 6.92 Å². The molecule has 0 bridgehead atoms. The molecule has 0 spiro atoms. The maximum absolute atomic E-state index is 10.5. The van der Waals surface area contributed by atoms with E-state index in [9.17, 15) is 4.79 Å². The summed E-state index contributed by atoms with van der Waals surface area (Å²) < 4.78 is 0.913. The Morgan fingerprint density at radius 1 is 1.90 bits per heavy atom. The van der Waals surface area contributed by atoms with E-state index in [4.69, 9.17) is 0 Å². The van der Waals surface area contributed by atoms with Gasteiger partial charge < -0.3 is 5.32 Å². The number of carbonyl (C=O) groups excluding carboxylic acids is 1. The first-order valence-corrected chi connectivity index (χ1v) is 4.18. The molecule has 54 valence electrons. The number of nitrogens with zero attached hydrogens (tertiary/aromatic N) is 1. The van der Waals surface area contributed by atoms with E-state index >= 15 is 0 Å². The lowest BCUT2D eigenvalue weighted by atomic mass is 10.7. The third-order valence-electron chi connectivity index (χ3n) is 0.760. The summed E-state index contributed by atoms with van der Waals surface area (Å²) >= 11 is 4.62. The van der Waals surface area contributed by atoms with E-state index in [0.29, 0.717) is 5.13 Å². The van der Waals surface area contributed by atoms with Crippen LogP contribution < -0.4 is 5.32 Å². The van der Waals surface area contributed by atoms with Crippen LogP contribution in [0.2, 0.25) is 0 Å². The Morgan fingerprint density at radius 2 is 2.60 bits per heavy atom. The molecule has 1 amide bonds. The summed E-state index contributed by atoms with van der Waals surface area (Å²) in [7, 11) is 0. The monoisotopic (exact) mass is 220 g/mol. The molecular formula is C5H5BrN2OS. The highest BCUT2D eigenvalue weighted by molar-refractivity contribution is 9.11. The van der Waals surface area contributed by atoms with Gasteiger partial charge in [-0.1, -0.05) is 11.3 Å². The SMILES string of the molecule is CC(=O)Nc1ncc(Br)s1. The van der Waals surface area contributed by atoms with Gasteiger partial charge >= 0.3 is 0 Å². The summed E-state index contributed by atoms with van der Waals surface area (Å²) in [6.07, 6.45) is 1.65. The molecule has 3 nitrogen and oxygen atoms in total. The zero-order chi connectivity index (χ0) is 7.56. The average Bonchev–Trinajstić information content (AvgIpc) is 2.13. The van der Waals surface area contributed by atoms with Crippen molar-refractivity contribution in [1.29, 1.82) is 0 Å². The Kier molecular flexibility index (Phi) is 2.39. The predicted octanol–water partition coefficient (Wildman–Crippen LogP) is 1.86. The minimum Gasteiger partial charge on any atom is -0.302 e. The largest absolute Gasteiger partial charge is 0.302 e. The van der Waals surface area contributed by atoms with Crippen LogP contribution in [-0.2, 0) is 4.79 Å². The fraction of sp³-hybridized carbons (Fsp3) is 0.200. The summed E-state index contributed by atoms with van der Waals surface area (Å²) in [5.74, 6) is -0.0955. The highest BCUT2D eigenvalue weighted by atomic mass is 79.9. The number of nitrogens with one attached hydrogen (secondary N) is 1. The Labute approximate surface area is 70.6 Å². The number of aromatic nitrogens is 1. The third-order valence-corrected chi connectivity index (χ3v) is 2.15. The van der Waals surface area contributed by atoms with E-state index in [0.717, 1.165) is 3.79 Å². The molecule has 0 aliphatic carbocycles. The lowest BCUT2D eigenvalue weighted by Crippen LogP contribution is -2.04. The topological polar surface area (TPSA) is 42.0 Å². The van der Waals surface area contributed by atoms with Gasteiger partial charge in [0.2, 0.25) is 5.91 Å². The molecule has 1 N–H and O–H groups in total. The molecule has 0 atom stereocenters. The molecule has 0 aliphatic rings. The van der Waals surface area contributed by atoms with Gasteiger partial charge in [0.15, 0.2) is 5.13 Å². The number of hydrogen-bond donors (Lipinski definition) is 1. The lowest BCUT2D eigenvalue weighted by molar-refractivity contribution is -0.114. The third kappa shape index (κ3) is 2.07. The van der Waals surface area contributed by atoms with Crippen molar-refractivity contribution in [3.05, 3.63) is 9.98 Å². The van der Waals surface area contributed by atoms with Crippen molar-refractivity contribution in [3.8, 4) is 0 Å². The van der Waals surface area contributed by atoms with Crippen LogP contribution in [0.3, 0.4) is 0 Å². The van der Waals surface area contributed by atoms with Crippen LogP contribution in [0, 0.1) is 0 Å². The van der Waals surface area contributed by atoms with E-state index in [1.54, 1.807) is 6.20 Å². The highest BCUT2D eigenvalue weighted by Crippen LogP contribution is 2.22. The first-order valence-electron chi connectivity index (χ1n) is 2.57. The smallest absolute Gasteiger partial charge is 0.223 e. The maximum atomic E-state index is 10.5. The van der Waals surface area contributed by atoms with Crippen molar-refractivity contribution in [3.63, 3.8) is 0 Å². The number of anilines is 1. The minimum atomic E-state index is -0.0955. The summed E-state index contributed by atoms with van der Waals surface area (Å²) in [6.45, 7) is 1.45. The van der Waals surface area contributed by atoms with E-state index in [-0.39, 0.29) is 5.91 Å². The van der Waals surface area contributed by atoms with Crippen LogP contribution in [0.4, 0.5) is 5.13 Å². The molecule has 1 aromatic rings. The van der Waals surface area contributed by atoms with E-state index in [1.807, 2.05) is 0 Å². The van der Waals surface area contributed by atoms with Gasteiger partial charge in [-0.2, -0.15) is 0 Å². The zero-order valence-corrected chi connectivity index (χ0v) is 7.62. The molecule has 1 heterocycles. The molecule has 0 radical (unpaired) electrons. The van der Waals surface area contributed by atoms with Gasteiger partial charge in [0.1, 0.15) is 0 Å². The van der Waals surface area contributed by atoms with Gasteiger partial charge in [0, 0.05) is 6.92 Å². The summed E-state index contributed by atoms with van der Waals surface area (Å²) in [5, 5.41) is 3.19. The summed E-state index contributed by atoms with van der Waals surface area (Å²) in [5.41, 5.74) is 0. The van der Waals surface area contributed by atoms with Gasteiger partial charge in [-0.05, 0) is 15.9 Å². The Morgan fingerprint density at radius 3 is 3.00 bits per heavy atom. The zero-order valence-electron chi connectivity index (χ0n) is 5.22. The molecule has 0 fully saturated rings. The quantitative estimate of drug-likeness (QED) is 0.786. The van der Waals surface area contributed by atoms with E-state index < -0.39 is 0 Å². The van der Waals surface area contributed by atoms with Crippen molar-refractivity contribution >= 4 is 38.3 Å². The molecule has 1 rings (SSSR count). The molecule has 5 heteroatoms. The van der Waals surface area contributed by atoms with Crippen molar-refractivity contribution in [2.24, 2.45) is 0 Å². The molecule has 10 heavy (non-hydrogen) atoms.